The maximum Gasteiger partial charge on any atom is 0.416 e. The molecule has 21 heavy (non-hydrogen) atoms. The molecule has 0 saturated heterocycles. The molecule has 0 aliphatic heterocycles. The number of halogens is 3. The number of nitrogens with one attached hydrogen (secondary N) is 1. The molecular weight excluding hydrogens is 297 g/mol. The molecule has 1 atom stereocenters. The van der Waals surface area contributed by atoms with Crippen LogP contribution in [-0.4, -0.2) is 0 Å². The predicted molar refractivity (Wildman–Crippen MR) is 79.0 cm³/mol. The lowest BCUT2D eigenvalue weighted by atomic mass is 10.0. The molecule has 1 aromatic heterocycles. The third kappa shape index (κ3) is 3.84. The van der Waals surface area contributed by atoms with Gasteiger partial charge in [0.2, 0.25) is 0 Å². The van der Waals surface area contributed by atoms with Crippen LogP contribution in [0.4, 0.5) is 13.2 Å². The SMILES string of the molecule is Cc1cc(C(Cc2cccc(C(F)(F)F)c2)NN)sc1C. The van der Waals surface area contributed by atoms with E-state index in [1.807, 2.05) is 19.9 Å². The van der Waals surface area contributed by atoms with Crippen molar-refractivity contribution in [3.63, 3.8) is 0 Å². The second-order valence-electron chi connectivity index (χ2n) is 5.01. The third-order valence-electron chi connectivity index (χ3n) is 3.42. The summed E-state index contributed by atoms with van der Waals surface area (Å²) in [5, 5.41) is 0. The highest BCUT2D eigenvalue weighted by molar-refractivity contribution is 7.12. The van der Waals surface area contributed by atoms with Crippen LogP contribution < -0.4 is 11.3 Å². The van der Waals surface area contributed by atoms with Gasteiger partial charge in [0.15, 0.2) is 0 Å². The first-order valence-corrected chi connectivity index (χ1v) is 7.32. The van der Waals surface area contributed by atoms with Gasteiger partial charge in [0.25, 0.3) is 0 Å². The second-order valence-corrected chi connectivity index (χ2v) is 6.30. The Hall–Kier alpha value is -1.37. The van der Waals surface area contributed by atoms with Crippen LogP contribution in [0.15, 0.2) is 30.3 Å². The van der Waals surface area contributed by atoms with Crippen LogP contribution in [-0.2, 0) is 12.6 Å². The predicted octanol–water partition coefficient (Wildman–Crippen LogP) is 4.13. The van der Waals surface area contributed by atoms with Crippen LogP contribution in [0.1, 0.15) is 32.5 Å². The summed E-state index contributed by atoms with van der Waals surface area (Å²) < 4.78 is 38.2. The third-order valence-corrected chi connectivity index (χ3v) is 4.69. The molecule has 0 fully saturated rings. The van der Waals surface area contributed by atoms with Crippen molar-refractivity contribution in [3.05, 3.63) is 56.8 Å². The number of thiophene rings is 1. The summed E-state index contributed by atoms with van der Waals surface area (Å²) in [6.45, 7) is 4.02. The van der Waals surface area contributed by atoms with Crippen LogP contribution in [0.25, 0.3) is 0 Å². The van der Waals surface area contributed by atoms with Crippen LogP contribution >= 0.6 is 11.3 Å². The number of benzene rings is 1. The van der Waals surface area contributed by atoms with Crippen molar-refractivity contribution in [2.24, 2.45) is 5.84 Å². The topological polar surface area (TPSA) is 38.0 Å². The lowest BCUT2D eigenvalue weighted by Gasteiger charge is -2.15. The van der Waals surface area contributed by atoms with Crippen LogP contribution in [0.5, 0.6) is 0 Å². The molecule has 3 N–H and O–H groups in total. The molecule has 1 heterocycles. The first-order chi connectivity index (χ1) is 9.81. The highest BCUT2D eigenvalue weighted by atomic mass is 32.1. The Morgan fingerprint density at radius 3 is 2.48 bits per heavy atom. The van der Waals surface area contributed by atoms with Gasteiger partial charge in [0.1, 0.15) is 0 Å². The molecule has 0 aliphatic carbocycles. The van der Waals surface area contributed by atoms with E-state index in [0.29, 0.717) is 12.0 Å². The maximum atomic E-state index is 12.7. The van der Waals surface area contributed by atoms with E-state index < -0.39 is 11.7 Å². The fraction of sp³-hybridized carbons (Fsp3) is 0.333. The summed E-state index contributed by atoms with van der Waals surface area (Å²) in [4.78, 5) is 2.22. The molecule has 0 amide bonds. The fourth-order valence-corrected chi connectivity index (χ4v) is 3.23. The van der Waals surface area contributed by atoms with E-state index in [2.05, 4.69) is 5.43 Å². The smallest absolute Gasteiger partial charge is 0.271 e. The van der Waals surface area contributed by atoms with E-state index >= 15 is 0 Å². The van der Waals surface area contributed by atoms with E-state index in [0.717, 1.165) is 10.9 Å². The molecule has 6 heteroatoms. The number of aryl methyl sites for hydroxylation is 2. The molecule has 2 rings (SSSR count). The Labute approximate surface area is 125 Å². The highest BCUT2D eigenvalue weighted by Crippen LogP contribution is 2.32. The van der Waals surface area contributed by atoms with Gasteiger partial charge in [0.05, 0.1) is 11.6 Å². The van der Waals surface area contributed by atoms with Gasteiger partial charge in [-0.15, -0.1) is 11.3 Å². The normalized spacial score (nSPS) is 13.4. The van der Waals surface area contributed by atoms with E-state index in [1.165, 1.54) is 22.6 Å². The Bertz CT molecular complexity index is 600. The summed E-state index contributed by atoms with van der Waals surface area (Å²) in [6, 6.07) is 7.21. The zero-order valence-corrected chi connectivity index (χ0v) is 12.6. The molecule has 2 aromatic rings. The monoisotopic (exact) mass is 314 g/mol. The molecular formula is C15H17F3N2S. The van der Waals surface area contributed by atoms with Crippen molar-refractivity contribution in [3.8, 4) is 0 Å². The van der Waals surface area contributed by atoms with Gasteiger partial charge in [-0.3, -0.25) is 11.3 Å². The molecule has 1 aromatic carbocycles. The number of hydrogen-bond donors (Lipinski definition) is 2. The number of hydrogen-bond acceptors (Lipinski definition) is 3. The molecule has 2 nitrogen and oxygen atoms in total. The molecule has 1 unspecified atom stereocenters. The lowest BCUT2D eigenvalue weighted by Crippen LogP contribution is -2.29. The minimum Gasteiger partial charge on any atom is -0.271 e. The second kappa shape index (κ2) is 6.17. The molecule has 0 radical (unpaired) electrons. The standard InChI is InChI=1S/C15H17F3N2S/c1-9-6-14(21-10(9)2)13(20-19)8-11-4-3-5-12(7-11)15(16,17)18/h3-7,13,20H,8,19H2,1-2H3. The number of rotatable bonds is 4. The summed E-state index contributed by atoms with van der Waals surface area (Å²) in [7, 11) is 0. The number of alkyl halides is 3. The largest absolute Gasteiger partial charge is 0.416 e. The summed E-state index contributed by atoms with van der Waals surface area (Å²) >= 11 is 1.61. The van der Waals surface area contributed by atoms with Gasteiger partial charge < -0.3 is 0 Å². The van der Waals surface area contributed by atoms with Crippen molar-refractivity contribution in [1.82, 2.24) is 5.43 Å². The van der Waals surface area contributed by atoms with Gasteiger partial charge in [-0.2, -0.15) is 13.2 Å². The summed E-state index contributed by atoms with van der Waals surface area (Å²) in [5.41, 5.74) is 3.84. The van der Waals surface area contributed by atoms with Crippen molar-refractivity contribution >= 4 is 11.3 Å². The van der Waals surface area contributed by atoms with Crippen molar-refractivity contribution in [2.75, 3.05) is 0 Å². The number of nitrogens with two attached hydrogens (primary N) is 1. The maximum absolute atomic E-state index is 12.7. The quantitative estimate of drug-likeness (QED) is 0.658. The van der Waals surface area contributed by atoms with Gasteiger partial charge in [0, 0.05) is 9.75 Å². The van der Waals surface area contributed by atoms with Crippen LogP contribution in [0.2, 0.25) is 0 Å². The minimum absolute atomic E-state index is 0.189. The van der Waals surface area contributed by atoms with Crippen molar-refractivity contribution in [1.29, 1.82) is 0 Å². The number of hydrazine groups is 1. The van der Waals surface area contributed by atoms with Crippen LogP contribution in [0, 0.1) is 13.8 Å². The summed E-state index contributed by atoms with van der Waals surface area (Å²) in [6.07, 6.45) is -3.91. The fourth-order valence-electron chi connectivity index (χ4n) is 2.13. The Morgan fingerprint density at radius 2 is 1.95 bits per heavy atom. The highest BCUT2D eigenvalue weighted by Gasteiger charge is 2.30. The van der Waals surface area contributed by atoms with Crippen molar-refractivity contribution < 1.29 is 13.2 Å². The molecule has 0 spiro atoms. The average molecular weight is 314 g/mol. The zero-order valence-electron chi connectivity index (χ0n) is 11.8. The van der Waals surface area contributed by atoms with Crippen LogP contribution in [0.3, 0.4) is 0 Å². The molecule has 0 aliphatic rings. The van der Waals surface area contributed by atoms with E-state index in [4.69, 9.17) is 5.84 Å². The summed E-state index contributed by atoms with van der Waals surface area (Å²) in [5.74, 6) is 5.57. The Balaban J connectivity index is 2.23. The minimum atomic E-state index is -4.32. The Kier molecular flexibility index (Phi) is 4.70. The van der Waals surface area contributed by atoms with Gasteiger partial charge in [-0.25, -0.2) is 0 Å². The lowest BCUT2D eigenvalue weighted by molar-refractivity contribution is -0.137. The van der Waals surface area contributed by atoms with E-state index in [9.17, 15) is 13.2 Å². The van der Waals surface area contributed by atoms with E-state index in [1.54, 1.807) is 17.4 Å². The van der Waals surface area contributed by atoms with Gasteiger partial charge in [-0.05, 0) is 43.5 Å². The first kappa shape index (κ1) is 16.0. The molecule has 0 saturated carbocycles. The Morgan fingerprint density at radius 1 is 1.24 bits per heavy atom. The molecule has 114 valence electrons. The molecule has 0 bridgehead atoms. The van der Waals surface area contributed by atoms with E-state index in [-0.39, 0.29) is 6.04 Å². The van der Waals surface area contributed by atoms with Gasteiger partial charge >= 0.3 is 6.18 Å². The zero-order chi connectivity index (χ0) is 15.6. The first-order valence-electron chi connectivity index (χ1n) is 6.50. The van der Waals surface area contributed by atoms with Gasteiger partial charge in [-0.1, -0.05) is 18.2 Å². The average Bonchev–Trinajstić information content (AvgIpc) is 2.75. The van der Waals surface area contributed by atoms with Crippen molar-refractivity contribution in [2.45, 2.75) is 32.5 Å².